The van der Waals surface area contributed by atoms with Crippen LogP contribution in [0.4, 0.5) is 0 Å². The molecule has 2 unspecified atom stereocenters. The van der Waals surface area contributed by atoms with Gasteiger partial charge < -0.3 is 20.3 Å². The average molecular weight is 466 g/mol. The lowest BCUT2D eigenvalue weighted by Crippen LogP contribution is -2.44. The van der Waals surface area contributed by atoms with Gasteiger partial charge in [0.05, 0.1) is 12.1 Å². The van der Waals surface area contributed by atoms with E-state index in [0.29, 0.717) is 25.6 Å². The number of likely N-dealkylation sites (tertiary alicyclic amines) is 1. The Hall–Kier alpha value is -0.570. The molecular formula is C18H35IN4O2. The molecule has 1 amide bonds. The number of rotatable bonds is 6. The minimum atomic E-state index is -0.137. The van der Waals surface area contributed by atoms with E-state index in [9.17, 15) is 4.79 Å². The molecule has 2 fully saturated rings. The number of guanidine groups is 1. The number of aliphatic imine (C=N–C) groups is 1. The van der Waals surface area contributed by atoms with Crippen LogP contribution >= 0.6 is 24.0 Å². The van der Waals surface area contributed by atoms with E-state index in [-0.39, 0.29) is 35.5 Å². The number of carbonyl (C=O) groups is 1. The number of ether oxygens (including phenoxy) is 1. The Balaban J connectivity index is 0.00000312. The lowest BCUT2D eigenvalue weighted by atomic mass is 10.0. The third-order valence-corrected chi connectivity index (χ3v) is 4.97. The van der Waals surface area contributed by atoms with Crippen molar-refractivity contribution in [3.63, 3.8) is 0 Å². The fourth-order valence-corrected chi connectivity index (χ4v) is 3.45. The molecule has 2 rings (SSSR count). The fraction of sp³-hybridized carbons (Fsp3) is 0.889. The maximum Gasteiger partial charge on any atom is 0.224 e. The maximum atomic E-state index is 12.4. The van der Waals surface area contributed by atoms with Gasteiger partial charge in [-0.3, -0.25) is 9.79 Å². The molecule has 0 saturated carbocycles. The first kappa shape index (κ1) is 22.5. The first-order valence-electron chi connectivity index (χ1n) is 9.50. The molecule has 25 heavy (non-hydrogen) atoms. The largest absolute Gasteiger partial charge is 0.373 e. The molecule has 0 aromatic rings. The highest BCUT2D eigenvalue weighted by atomic mass is 127. The first-order chi connectivity index (χ1) is 11.5. The Morgan fingerprint density at radius 3 is 2.76 bits per heavy atom. The van der Waals surface area contributed by atoms with Crippen LogP contribution in [0.2, 0.25) is 0 Å². The quantitative estimate of drug-likeness (QED) is 0.359. The Kier molecular flexibility index (Phi) is 10.1. The highest BCUT2D eigenvalue weighted by Gasteiger charge is 2.29. The van der Waals surface area contributed by atoms with Gasteiger partial charge in [-0.25, -0.2) is 0 Å². The van der Waals surface area contributed by atoms with Gasteiger partial charge in [0.2, 0.25) is 5.91 Å². The number of carbonyl (C=O) groups excluding carboxylic acids is 1. The van der Waals surface area contributed by atoms with Crippen molar-refractivity contribution >= 4 is 35.8 Å². The van der Waals surface area contributed by atoms with Crippen molar-refractivity contribution in [2.75, 3.05) is 32.8 Å². The van der Waals surface area contributed by atoms with Gasteiger partial charge in [0, 0.05) is 38.7 Å². The standard InChI is InChI=1S/C18H34N4O2.HI/c1-4-19-17(21-14-18(3)10-7-13-24-18)20-11-9-16(23)22-12-6-5-8-15(22)2;/h15H,4-14H2,1-3H3,(H2,19,20,21);1H. The molecule has 0 aromatic carbocycles. The highest BCUT2D eigenvalue weighted by molar-refractivity contribution is 14.0. The van der Waals surface area contributed by atoms with Crippen LogP contribution in [0.1, 0.15) is 59.3 Å². The molecule has 2 aliphatic rings. The van der Waals surface area contributed by atoms with E-state index in [2.05, 4.69) is 29.5 Å². The SMILES string of the molecule is CCNC(=NCC1(C)CCCO1)NCCC(=O)N1CCCCC1C.I. The van der Waals surface area contributed by atoms with Crippen molar-refractivity contribution in [2.45, 2.75) is 70.9 Å². The molecule has 2 aliphatic heterocycles. The van der Waals surface area contributed by atoms with Crippen molar-refractivity contribution < 1.29 is 9.53 Å². The van der Waals surface area contributed by atoms with Gasteiger partial charge in [0.1, 0.15) is 0 Å². The monoisotopic (exact) mass is 466 g/mol. The van der Waals surface area contributed by atoms with Crippen molar-refractivity contribution in [3.8, 4) is 0 Å². The number of amides is 1. The van der Waals surface area contributed by atoms with Crippen LogP contribution < -0.4 is 10.6 Å². The molecule has 0 radical (unpaired) electrons. The maximum absolute atomic E-state index is 12.4. The van der Waals surface area contributed by atoms with Crippen molar-refractivity contribution in [2.24, 2.45) is 4.99 Å². The molecule has 6 nitrogen and oxygen atoms in total. The lowest BCUT2D eigenvalue weighted by molar-refractivity contribution is -0.134. The topological polar surface area (TPSA) is 66.0 Å². The summed E-state index contributed by atoms with van der Waals surface area (Å²) in [5, 5.41) is 6.53. The molecule has 2 saturated heterocycles. The molecule has 2 atom stereocenters. The molecule has 2 N–H and O–H groups in total. The molecule has 0 aliphatic carbocycles. The Bertz CT molecular complexity index is 439. The van der Waals surface area contributed by atoms with Crippen LogP contribution in [-0.2, 0) is 9.53 Å². The van der Waals surface area contributed by atoms with Crippen molar-refractivity contribution in [3.05, 3.63) is 0 Å². The van der Waals surface area contributed by atoms with Crippen molar-refractivity contribution in [1.82, 2.24) is 15.5 Å². The molecule has 0 spiro atoms. The van der Waals surface area contributed by atoms with Crippen LogP contribution in [0.3, 0.4) is 0 Å². The minimum Gasteiger partial charge on any atom is -0.373 e. The van der Waals surface area contributed by atoms with Gasteiger partial charge in [-0.1, -0.05) is 0 Å². The summed E-state index contributed by atoms with van der Waals surface area (Å²) in [5.74, 6) is 1.02. The zero-order valence-electron chi connectivity index (χ0n) is 16.0. The summed E-state index contributed by atoms with van der Waals surface area (Å²) in [6, 6.07) is 0.382. The number of hydrogen-bond acceptors (Lipinski definition) is 3. The van der Waals surface area contributed by atoms with Crippen molar-refractivity contribution in [1.29, 1.82) is 0 Å². The van der Waals surface area contributed by atoms with E-state index in [1.807, 2.05) is 11.8 Å². The molecule has 7 heteroatoms. The predicted molar refractivity (Wildman–Crippen MR) is 113 cm³/mol. The average Bonchev–Trinajstić information content (AvgIpc) is 3.00. The summed E-state index contributed by atoms with van der Waals surface area (Å²) in [6.07, 6.45) is 6.18. The normalized spacial score (nSPS) is 26.9. The van der Waals surface area contributed by atoms with Crippen LogP contribution in [-0.4, -0.2) is 61.2 Å². The van der Waals surface area contributed by atoms with E-state index < -0.39 is 0 Å². The van der Waals surface area contributed by atoms with Crippen LogP contribution in [0.15, 0.2) is 4.99 Å². The summed E-state index contributed by atoms with van der Waals surface area (Å²) >= 11 is 0. The van der Waals surface area contributed by atoms with Gasteiger partial charge in [-0.15, -0.1) is 24.0 Å². The Labute approximate surface area is 169 Å². The Morgan fingerprint density at radius 2 is 2.12 bits per heavy atom. The molecule has 2 heterocycles. The summed E-state index contributed by atoms with van der Waals surface area (Å²) in [7, 11) is 0. The number of hydrogen-bond donors (Lipinski definition) is 2. The molecule has 0 aromatic heterocycles. The first-order valence-corrected chi connectivity index (χ1v) is 9.50. The molecular weight excluding hydrogens is 431 g/mol. The second kappa shape index (κ2) is 11.2. The third kappa shape index (κ3) is 7.29. The van der Waals surface area contributed by atoms with Gasteiger partial charge in [-0.05, 0) is 52.9 Å². The summed E-state index contributed by atoms with van der Waals surface area (Å²) in [4.78, 5) is 19.0. The summed E-state index contributed by atoms with van der Waals surface area (Å²) in [6.45, 7) is 10.1. The van der Waals surface area contributed by atoms with Gasteiger partial charge in [0.15, 0.2) is 5.96 Å². The second-order valence-corrected chi connectivity index (χ2v) is 7.21. The van der Waals surface area contributed by atoms with E-state index in [1.54, 1.807) is 0 Å². The van der Waals surface area contributed by atoms with E-state index in [4.69, 9.17) is 4.74 Å². The number of piperidine rings is 1. The molecule has 146 valence electrons. The van der Waals surface area contributed by atoms with Crippen LogP contribution in [0, 0.1) is 0 Å². The summed E-state index contributed by atoms with van der Waals surface area (Å²) in [5.41, 5.74) is -0.137. The number of nitrogens with one attached hydrogen (secondary N) is 2. The van der Waals surface area contributed by atoms with E-state index in [1.165, 1.54) is 6.42 Å². The van der Waals surface area contributed by atoms with Gasteiger partial charge >= 0.3 is 0 Å². The number of halogens is 1. The zero-order chi connectivity index (χ0) is 17.4. The highest BCUT2D eigenvalue weighted by Crippen LogP contribution is 2.25. The van der Waals surface area contributed by atoms with Crippen LogP contribution in [0.25, 0.3) is 0 Å². The number of nitrogens with zero attached hydrogens (tertiary/aromatic N) is 2. The van der Waals surface area contributed by atoms with Crippen LogP contribution in [0.5, 0.6) is 0 Å². The lowest BCUT2D eigenvalue weighted by Gasteiger charge is -2.33. The zero-order valence-corrected chi connectivity index (χ0v) is 18.3. The molecule has 0 bridgehead atoms. The fourth-order valence-electron chi connectivity index (χ4n) is 3.45. The smallest absolute Gasteiger partial charge is 0.224 e. The second-order valence-electron chi connectivity index (χ2n) is 7.21. The van der Waals surface area contributed by atoms with Gasteiger partial charge in [-0.2, -0.15) is 0 Å². The van der Waals surface area contributed by atoms with E-state index in [0.717, 1.165) is 51.3 Å². The van der Waals surface area contributed by atoms with Gasteiger partial charge in [0.25, 0.3) is 0 Å². The summed E-state index contributed by atoms with van der Waals surface area (Å²) < 4.78 is 5.78. The predicted octanol–water partition coefficient (Wildman–Crippen LogP) is 2.52. The van der Waals surface area contributed by atoms with E-state index >= 15 is 0 Å². The minimum absolute atomic E-state index is 0. The Morgan fingerprint density at radius 1 is 1.32 bits per heavy atom. The third-order valence-electron chi connectivity index (χ3n) is 4.97.